The zero-order valence-electron chi connectivity index (χ0n) is 15.8. The fourth-order valence-electron chi connectivity index (χ4n) is 3.14. The van der Waals surface area contributed by atoms with Gasteiger partial charge >= 0.3 is 5.97 Å². The molecule has 2 amide bonds. The lowest BCUT2D eigenvalue weighted by molar-refractivity contribution is -0.140. The molecule has 0 saturated carbocycles. The van der Waals surface area contributed by atoms with Crippen LogP contribution in [0.4, 0.5) is 0 Å². The van der Waals surface area contributed by atoms with Crippen molar-refractivity contribution >= 4 is 17.8 Å². The van der Waals surface area contributed by atoms with Crippen LogP contribution < -0.4 is 0 Å². The number of carbonyl (C=O) groups is 3. The van der Waals surface area contributed by atoms with Crippen LogP contribution in [-0.4, -0.2) is 58.9 Å². The second-order valence-electron chi connectivity index (χ2n) is 7.20. The van der Waals surface area contributed by atoms with Gasteiger partial charge in [0.1, 0.15) is 0 Å². The van der Waals surface area contributed by atoms with E-state index >= 15 is 0 Å². The first-order valence-electron chi connectivity index (χ1n) is 9.16. The number of amides is 2. The molecule has 0 radical (unpaired) electrons. The van der Waals surface area contributed by atoms with Crippen molar-refractivity contribution in [3.8, 4) is 0 Å². The second-order valence-corrected chi connectivity index (χ2v) is 7.20. The summed E-state index contributed by atoms with van der Waals surface area (Å²) < 4.78 is 0. The molecular weight excluding hydrogens is 332 g/mol. The normalized spacial score (nSPS) is 15.2. The molecule has 1 aliphatic heterocycles. The van der Waals surface area contributed by atoms with Crippen LogP contribution in [0.2, 0.25) is 0 Å². The lowest BCUT2D eigenvalue weighted by Gasteiger charge is -2.34. The van der Waals surface area contributed by atoms with E-state index in [-0.39, 0.29) is 29.3 Å². The summed E-state index contributed by atoms with van der Waals surface area (Å²) in [7, 11) is 1.83. The third kappa shape index (κ3) is 5.07. The number of hydrogen-bond acceptors (Lipinski definition) is 3. The fraction of sp³-hybridized carbons (Fsp3) is 0.550. The fourth-order valence-corrected chi connectivity index (χ4v) is 3.14. The van der Waals surface area contributed by atoms with Gasteiger partial charge in [0, 0.05) is 38.5 Å². The molecule has 1 fully saturated rings. The van der Waals surface area contributed by atoms with Crippen molar-refractivity contribution < 1.29 is 19.5 Å². The van der Waals surface area contributed by atoms with E-state index in [1.165, 1.54) is 0 Å². The molecule has 1 aromatic carbocycles. The molecule has 6 nitrogen and oxygen atoms in total. The first-order valence-corrected chi connectivity index (χ1v) is 9.16. The highest BCUT2D eigenvalue weighted by molar-refractivity contribution is 5.87. The first-order chi connectivity index (χ1) is 12.3. The molecule has 1 N–H and O–H groups in total. The van der Waals surface area contributed by atoms with Crippen molar-refractivity contribution in [2.45, 2.75) is 45.6 Å². The number of aryl methyl sites for hydroxylation is 1. The Labute approximate surface area is 154 Å². The summed E-state index contributed by atoms with van der Waals surface area (Å²) >= 11 is 0. The molecule has 6 heteroatoms. The molecule has 1 heterocycles. The molecule has 0 bridgehead atoms. The highest BCUT2D eigenvalue weighted by Gasteiger charge is 2.29. The molecular formula is C20H28N2O4. The number of nitrogens with zero attached hydrogens (tertiary/aromatic N) is 2. The van der Waals surface area contributed by atoms with E-state index in [2.05, 4.69) is 0 Å². The molecule has 0 atom stereocenters. The third-order valence-electron chi connectivity index (χ3n) is 5.15. The van der Waals surface area contributed by atoms with Crippen LogP contribution in [0.25, 0.3) is 0 Å². The third-order valence-corrected chi connectivity index (χ3v) is 5.15. The number of likely N-dealkylation sites (tertiary alicyclic amines) is 1. The SMILES string of the molecule is CC(C)N(C)C(=O)C1CCN(C(=O)CCc2ccc(C(=O)O)cc2)CC1. The maximum Gasteiger partial charge on any atom is 0.335 e. The topological polar surface area (TPSA) is 77.9 Å². The molecule has 142 valence electrons. The van der Waals surface area contributed by atoms with Crippen LogP contribution in [0.3, 0.4) is 0 Å². The van der Waals surface area contributed by atoms with E-state index in [0.29, 0.717) is 25.9 Å². The van der Waals surface area contributed by atoms with Crippen molar-refractivity contribution in [1.29, 1.82) is 0 Å². The Hall–Kier alpha value is -2.37. The lowest BCUT2D eigenvalue weighted by Crippen LogP contribution is -2.45. The molecule has 1 saturated heterocycles. The van der Waals surface area contributed by atoms with Crippen LogP contribution in [-0.2, 0) is 16.0 Å². The van der Waals surface area contributed by atoms with E-state index in [9.17, 15) is 14.4 Å². The number of benzene rings is 1. The Balaban J connectivity index is 1.79. The molecule has 0 aromatic heterocycles. The van der Waals surface area contributed by atoms with Crippen LogP contribution >= 0.6 is 0 Å². The molecule has 1 aromatic rings. The number of carboxylic acid groups (broad SMARTS) is 1. The lowest BCUT2D eigenvalue weighted by atomic mass is 9.94. The standard InChI is InChI=1S/C20H28N2O4/c1-14(2)21(3)19(24)16-10-12-22(13-11-16)18(23)9-6-15-4-7-17(8-5-15)20(25)26/h4-5,7-8,14,16H,6,9-13H2,1-3H3,(H,25,26). The summed E-state index contributed by atoms with van der Waals surface area (Å²) in [5, 5.41) is 8.90. The Kier molecular flexibility index (Phi) is 6.77. The average molecular weight is 360 g/mol. The largest absolute Gasteiger partial charge is 0.478 e. The Bertz CT molecular complexity index is 646. The monoisotopic (exact) mass is 360 g/mol. The Morgan fingerprint density at radius 1 is 1.15 bits per heavy atom. The summed E-state index contributed by atoms with van der Waals surface area (Å²) in [6.07, 6.45) is 2.43. The van der Waals surface area contributed by atoms with Crippen LogP contribution in [0, 0.1) is 5.92 Å². The van der Waals surface area contributed by atoms with Crippen molar-refractivity contribution in [1.82, 2.24) is 9.80 Å². The van der Waals surface area contributed by atoms with E-state index in [0.717, 1.165) is 18.4 Å². The quantitative estimate of drug-likeness (QED) is 0.845. The van der Waals surface area contributed by atoms with Gasteiger partial charge in [0.2, 0.25) is 11.8 Å². The van der Waals surface area contributed by atoms with Crippen LogP contribution in [0.15, 0.2) is 24.3 Å². The highest BCUT2D eigenvalue weighted by Crippen LogP contribution is 2.21. The number of carbonyl (C=O) groups excluding carboxylic acids is 2. The van der Waals surface area contributed by atoms with Crippen LogP contribution in [0.1, 0.15) is 49.0 Å². The summed E-state index contributed by atoms with van der Waals surface area (Å²) in [4.78, 5) is 39.3. The minimum Gasteiger partial charge on any atom is -0.478 e. The van der Waals surface area contributed by atoms with Gasteiger partial charge in [-0.15, -0.1) is 0 Å². The second kappa shape index (κ2) is 8.83. The van der Waals surface area contributed by atoms with Gasteiger partial charge in [-0.05, 0) is 50.8 Å². The van der Waals surface area contributed by atoms with E-state index in [1.54, 1.807) is 29.2 Å². The molecule has 0 spiro atoms. The number of aromatic carboxylic acids is 1. The average Bonchev–Trinajstić information content (AvgIpc) is 2.65. The first kappa shape index (κ1) is 19.9. The van der Waals surface area contributed by atoms with Crippen LogP contribution in [0.5, 0.6) is 0 Å². The maximum atomic E-state index is 12.4. The van der Waals surface area contributed by atoms with Crippen molar-refractivity contribution in [2.75, 3.05) is 20.1 Å². The molecule has 1 aliphatic rings. The summed E-state index contributed by atoms with van der Waals surface area (Å²) in [5.41, 5.74) is 1.20. The molecule has 0 unspecified atom stereocenters. The number of carboxylic acids is 1. The van der Waals surface area contributed by atoms with Gasteiger partial charge in [-0.25, -0.2) is 4.79 Å². The Morgan fingerprint density at radius 3 is 2.23 bits per heavy atom. The van der Waals surface area contributed by atoms with Crippen molar-refractivity contribution in [3.63, 3.8) is 0 Å². The summed E-state index contributed by atoms with van der Waals surface area (Å²) in [5.74, 6) is -0.677. The Morgan fingerprint density at radius 2 is 1.73 bits per heavy atom. The van der Waals surface area contributed by atoms with Gasteiger partial charge in [0.15, 0.2) is 0 Å². The number of rotatable bonds is 6. The van der Waals surface area contributed by atoms with Gasteiger partial charge in [-0.1, -0.05) is 12.1 Å². The van der Waals surface area contributed by atoms with E-state index in [4.69, 9.17) is 5.11 Å². The maximum absolute atomic E-state index is 12.4. The molecule has 0 aliphatic carbocycles. The molecule has 26 heavy (non-hydrogen) atoms. The van der Waals surface area contributed by atoms with Gasteiger partial charge in [0.05, 0.1) is 5.56 Å². The minimum absolute atomic E-state index is 0.00927. The smallest absolute Gasteiger partial charge is 0.335 e. The van der Waals surface area contributed by atoms with Gasteiger partial charge in [-0.2, -0.15) is 0 Å². The summed E-state index contributed by atoms with van der Waals surface area (Å²) in [6, 6.07) is 6.82. The van der Waals surface area contributed by atoms with E-state index < -0.39 is 5.97 Å². The number of piperidine rings is 1. The van der Waals surface area contributed by atoms with Crippen molar-refractivity contribution in [2.24, 2.45) is 5.92 Å². The van der Waals surface area contributed by atoms with Gasteiger partial charge < -0.3 is 14.9 Å². The van der Waals surface area contributed by atoms with Crippen molar-refractivity contribution in [3.05, 3.63) is 35.4 Å². The van der Waals surface area contributed by atoms with Gasteiger partial charge in [0.25, 0.3) is 0 Å². The zero-order valence-corrected chi connectivity index (χ0v) is 15.8. The number of hydrogen-bond donors (Lipinski definition) is 1. The van der Waals surface area contributed by atoms with E-state index in [1.807, 2.05) is 25.8 Å². The highest BCUT2D eigenvalue weighted by atomic mass is 16.4. The predicted octanol–water partition coefficient (Wildman–Crippen LogP) is 2.42. The summed E-state index contributed by atoms with van der Waals surface area (Å²) in [6.45, 7) is 5.25. The van der Waals surface area contributed by atoms with Gasteiger partial charge in [-0.3, -0.25) is 9.59 Å². The zero-order chi connectivity index (χ0) is 19.3. The predicted molar refractivity (Wildman–Crippen MR) is 98.9 cm³/mol. The molecule has 2 rings (SSSR count). The minimum atomic E-state index is -0.951.